The van der Waals surface area contributed by atoms with Gasteiger partial charge in [-0.25, -0.2) is 12.8 Å². The Balaban J connectivity index is 0.00000180. The minimum atomic E-state index is -3.61. The molecule has 8 heteroatoms. The fourth-order valence-electron chi connectivity index (χ4n) is 1.89. The quantitative estimate of drug-likeness (QED) is 0.893. The van der Waals surface area contributed by atoms with E-state index in [1.807, 2.05) is 0 Å². The minimum absolute atomic E-state index is 0. The lowest BCUT2D eigenvalue weighted by molar-refractivity contribution is 0.0730. The van der Waals surface area contributed by atoms with Gasteiger partial charge in [0.1, 0.15) is 5.82 Å². The van der Waals surface area contributed by atoms with Crippen molar-refractivity contribution in [3.05, 3.63) is 29.6 Å². The zero-order chi connectivity index (χ0) is 13.2. The molecule has 0 saturated carbocycles. The molecule has 1 saturated heterocycles. The molecule has 2 N–H and O–H groups in total. The Hall–Kier alpha value is -0.730. The Morgan fingerprint density at radius 1 is 1.32 bits per heavy atom. The van der Waals surface area contributed by atoms with Gasteiger partial charge in [0, 0.05) is 19.6 Å². The van der Waals surface area contributed by atoms with Gasteiger partial charge >= 0.3 is 0 Å². The van der Waals surface area contributed by atoms with Crippen molar-refractivity contribution in [1.29, 1.82) is 0 Å². The van der Waals surface area contributed by atoms with E-state index < -0.39 is 15.8 Å². The summed E-state index contributed by atoms with van der Waals surface area (Å²) in [4.78, 5) is 0.0771. The number of hydrogen-bond acceptors (Lipinski definition) is 4. The monoisotopic (exact) mass is 310 g/mol. The van der Waals surface area contributed by atoms with Crippen LogP contribution in [0.4, 0.5) is 4.39 Å². The normalized spacial score (nSPS) is 16.9. The fourth-order valence-corrected chi connectivity index (χ4v) is 3.51. The topological polar surface area (TPSA) is 72.6 Å². The fraction of sp³-hybridized carbons (Fsp3) is 0.455. The molecule has 2 rings (SSSR count). The Morgan fingerprint density at radius 3 is 2.53 bits per heavy atom. The second-order valence-corrected chi connectivity index (χ2v) is 5.88. The van der Waals surface area contributed by atoms with Crippen molar-refractivity contribution in [3.8, 4) is 0 Å². The van der Waals surface area contributed by atoms with E-state index in [2.05, 4.69) is 0 Å². The molecule has 1 heterocycles. The molecule has 1 aromatic rings. The van der Waals surface area contributed by atoms with Gasteiger partial charge < -0.3 is 10.5 Å². The molecule has 1 aliphatic heterocycles. The van der Waals surface area contributed by atoms with Crippen LogP contribution in [0.1, 0.15) is 5.56 Å². The number of morpholine rings is 1. The molecule has 0 aliphatic carbocycles. The third-order valence-corrected chi connectivity index (χ3v) is 4.83. The molecule has 1 fully saturated rings. The van der Waals surface area contributed by atoms with E-state index >= 15 is 0 Å². The van der Waals surface area contributed by atoms with E-state index in [9.17, 15) is 12.8 Å². The molecule has 108 valence electrons. The SMILES string of the molecule is Cl.NCc1cc(F)ccc1S(=O)(=O)N1CCOCC1. The largest absolute Gasteiger partial charge is 0.379 e. The Bertz CT molecular complexity index is 533. The highest BCUT2D eigenvalue weighted by atomic mass is 35.5. The highest BCUT2D eigenvalue weighted by molar-refractivity contribution is 7.89. The van der Waals surface area contributed by atoms with Crippen molar-refractivity contribution in [1.82, 2.24) is 4.31 Å². The van der Waals surface area contributed by atoms with Crippen LogP contribution in [0, 0.1) is 5.82 Å². The lowest BCUT2D eigenvalue weighted by atomic mass is 10.2. The average molecular weight is 311 g/mol. The Morgan fingerprint density at radius 2 is 1.95 bits per heavy atom. The molecule has 0 aromatic heterocycles. The Labute approximate surface area is 118 Å². The summed E-state index contributed by atoms with van der Waals surface area (Å²) in [5.74, 6) is -0.489. The summed E-state index contributed by atoms with van der Waals surface area (Å²) in [5.41, 5.74) is 5.76. The molecule has 0 unspecified atom stereocenters. The van der Waals surface area contributed by atoms with Crippen molar-refractivity contribution < 1.29 is 17.5 Å². The summed E-state index contributed by atoms with van der Waals surface area (Å²) in [7, 11) is -3.61. The number of sulfonamides is 1. The number of nitrogens with two attached hydrogens (primary N) is 1. The Kier molecular flexibility index (Phi) is 5.69. The summed E-state index contributed by atoms with van der Waals surface area (Å²) >= 11 is 0. The second-order valence-electron chi connectivity index (χ2n) is 3.97. The smallest absolute Gasteiger partial charge is 0.243 e. The first kappa shape index (κ1) is 16.3. The van der Waals surface area contributed by atoms with Crippen LogP contribution in [0.25, 0.3) is 0 Å². The van der Waals surface area contributed by atoms with Gasteiger partial charge in [-0.2, -0.15) is 4.31 Å². The van der Waals surface area contributed by atoms with Crippen LogP contribution < -0.4 is 5.73 Å². The van der Waals surface area contributed by atoms with Crippen LogP contribution in [0.5, 0.6) is 0 Å². The summed E-state index contributed by atoms with van der Waals surface area (Å²) in [6, 6.07) is 3.56. The number of rotatable bonds is 3. The lowest BCUT2D eigenvalue weighted by Crippen LogP contribution is -2.41. The van der Waals surface area contributed by atoms with E-state index in [1.165, 1.54) is 10.4 Å². The average Bonchev–Trinajstić information content (AvgIpc) is 2.39. The van der Waals surface area contributed by atoms with Crippen LogP contribution in [0.3, 0.4) is 0 Å². The highest BCUT2D eigenvalue weighted by Crippen LogP contribution is 2.21. The molecular formula is C11H16ClFN2O3S. The van der Waals surface area contributed by atoms with E-state index in [4.69, 9.17) is 10.5 Å². The summed E-state index contributed by atoms with van der Waals surface area (Å²) in [6.07, 6.45) is 0. The molecule has 1 aromatic carbocycles. The molecule has 0 amide bonds. The molecule has 0 bridgehead atoms. The maximum Gasteiger partial charge on any atom is 0.243 e. The van der Waals surface area contributed by atoms with Crippen LogP contribution >= 0.6 is 12.4 Å². The van der Waals surface area contributed by atoms with Crippen molar-refractivity contribution in [2.75, 3.05) is 26.3 Å². The summed E-state index contributed by atoms with van der Waals surface area (Å²) < 4.78 is 44.3. The number of ether oxygens (including phenoxy) is 1. The summed E-state index contributed by atoms with van der Waals surface area (Å²) in [5, 5.41) is 0. The third-order valence-electron chi connectivity index (χ3n) is 2.83. The van der Waals surface area contributed by atoms with Crippen molar-refractivity contribution >= 4 is 22.4 Å². The van der Waals surface area contributed by atoms with Gasteiger partial charge in [-0.1, -0.05) is 0 Å². The van der Waals surface area contributed by atoms with E-state index in [0.29, 0.717) is 31.9 Å². The number of hydrogen-bond donors (Lipinski definition) is 1. The molecule has 0 radical (unpaired) electrons. The van der Waals surface area contributed by atoms with Gasteiger partial charge in [-0.3, -0.25) is 0 Å². The molecule has 19 heavy (non-hydrogen) atoms. The zero-order valence-corrected chi connectivity index (χ0v) is 11.8. The maximum absolute atomic E-state index is 13.1. The third kappa shape index (κ3) is 3.43. The number of benzene rings is 1. The number of halogens is 2. The standard InChI is InChI=1S/C11H15FN2O3S.ClH/c12-10-1-2-11(9(7-10)8-13)18(15,16)14-3-5-17-6-4-14;/h1-2,7H,3-6,8,13H2;1H. The molecule has 1 aliphatic rings. The molecular weight excluding hydrogens is 295 g/mol. The highest BCUT2D eigenvalue weighted by Gasteiger charge is 2.28. The minimum Gasteiger partial charge on any atom is -0.379 e. The van der Waals surface area contributed by atoms with Gasteiger partial charge in [-0.15, -0.1) is 12.4 Å². The van der Waals surface area contributed by atoms with Crippen LogP contribution in [-0.4, -0.2) is 39.0 Å². The molecule has 5 nitrogen and oxygen atoms in total. The van der Waals surface area contributed by atoms with Crippen molar-refractivity contribution in [2.45, 2.75) is 11.4 Å². The predicted molar refractivity (Wildman–Crippen MR) is 71.1 cm³/mol. The van der Waals surface area contributed by atoms with E-state index in [0.717, 1.165) is 12.1 Å². The van der Waals surface area contributed by atoms with Gasteiger partial charge in [-0.05, 0) is 23.8 Å². The van der Waals surface area contributed by atoms with Crippen LogP contribution in [-0.2, 0) is 21.3 Å². The first-order chi connectivity index (χ1) is 8.55. The van der Waals surface area contributed by atoms with Gasteiger partial charge in [0.15, 0.2) is 0 Å². The summed E-state index contributed by atoms with van der Waals surface area (Å²) in [6.45, 7) is 1.35. The van der Waals surface area contributed by atoms with Gasteiger partial charge in [0.25, 0.3) is 0 Å². The van der Waals surface area contributed by atoms with Crippen molar-refractivity contribution in [3.63, 3.8) is 0 Å². The second kappa shape index (κ2) is 6.62. The first-order valence-electron chi connectivity index (χ1n) is 5.62. The van der Waals surface area contributed by atoms with E-state index in [1.54, 1.807) is 0 Å². The maximum atomic E-state index is 13.1. The lowest BCUT2D eigenvalue weighted by Gasteiger charge is -2.26. The van der Waals surface area contributed by atoms with Gasteiger partial charge in [0.2, 0.25) is 10.0 Å². The zero-order valence-electron chi connectivity index (χ0n) is 10.2. The van der Waals surface area contributed by atoms with E-state index in [-0.39, 0.29) is 23.8 Å². The predicted octanol–water partition coefficient (Wildman–Crippen LogP) is 0.727. The molecule has 0 atom stereocenters. The number of nitrogens with zero attached hydrogens (tertiary/aromatic N) is 1. The van der Waals surface area contributed by atoms with Crippen LogP contribution in [0.15, 0.2) is 23.1 Å². The van der Waals surface area contributed by atoms with Gasteiger partial charge in [0.05, 0.1) is 18.1 Å². The first-order valence-corrected chi connectivity index (χ1v) is 7.06. The van der Waals surface area contributed by atoms with Crippen LogP contribution in [0.2, 0.25) is 0 Å². The molecule has 0 spiro atoms. The van der Waals surface area contributed by atoms with Crippen molar-refractivity contribution in [2.24, 2.45) is 5.73 Å².